The van der Waals surface area contributed by atoms with E-state index in [0.29, 0.717) is 5.56 Å². The number of hydrazone groups is 1. The van der Waals surface area contributed by atoms with Crippen LogP contribution in [0.5, 0.6) is 0 Å². The molecule has 3 rings (SSSR count). The number of hydrogen-bond donors (Lipinski definition) is 1. The van der Waals surface area contributed by atoms with Crippen LogP contribution in [-0.4, -0.2) is 16.7 Å². The minimum absolute atomic E-state index is 0.0625. The summed E-state index contributed by atoms with van der Waals surface area (Å²) < 4.78 is 2.20. The maximum absolute atomic E-state index is 12.4. The van der Waals surface area contributed by atoms with Crippen molar-refractivity contribution < 1.29 is 4.79 Å². The fourth-order valence-corrected chi connectivity index (χ4v) is 3.43. The molecule has 0 atom stereocenters. The van der Waals surface area contributed by atoms with Gasteiger partial charge in [0, 0.05) is 28.2 Å². The van der Waals surface area contributed by atoms with Crippen molar-refractivity contribution in [3.05, 3.63) is 88.2 Å². The molecule has 0 aliphatic carbocycles. The zero-order valence-corrected chi connectivity index (χ0v) is 18.1. The number of aryl methyl sites for hydroxylation is 2. The van der Waals surface area contributed by atoms with Crippen LogP contribution in [0.1, 0.15) is 59.2 Å². The fraction of sp³-hybridized carbons (Fsp3) is 0.280. The van der Waals surface area contributed by atoms with Gasteiger partial charge in [-0.1, -0.05) is 45.0 Å². The first kappa shape index (κ1) is 20.6. The molecule has 0 fully saturated rings. The van der Waals surface area contributed by atoms with Crippen molar-refractivity contribution in [2.75, 3.05) is 0 Å². The van der Waals surface area contributed by atoms with Crippen LogP contribution in [0.4, 0.5) is 0 Å². The quantitative estimate of drug-likeness (QED) is 0.469. The van der Waals surface area contributed by atoms with Crippen molar-refractivity contribution >= 4 is 12.1 Å². The minimum Gasteiger partial charge on any atom is -0.318 e. The monoisotopic (exact) mass is 387 g/mol. The predicted octanol–water partition coefficient (Wildman–Crippen LogP) is 5.46. The molecule has 0 aliphatic rings. The summed E-state index contributed by atoms with van der Waals surface area (Å²) in [5.74, 6) is -0.214. The second-order valence-electron chi connectivity index (χ2n) is 8.53. The molecule has 0 saturated carbocycles. The van der Waals surface area contributed by atoms with Gasteiger partial charge in [-0.2, -0.15) is 5.10 Å². The smallest absolute Gasteiger partial charge is 0.271 e. The van der Waals surface area contributed by atoms with Crippen LogP contribution in [0.3, 0.4) is 0 Å². The van der Waals surface area contributed by atoms with Crippen LogP contribution in [-0.2, 0) is 5.41 Å². The third-order valence-electron chi connectivity index (χ3n) is 5.11. The normalized spacial score (nSPS) is 11.8. The van der Waals surface area contributed by atoms with Gasteiger partial charge < -0.3 is 4.57 Å². The number of hydrogen-bond acceptors (Lipinski definition) is 2. The summed E-state index contributed by atoms with van der Waals surface area (Å²) in [7, 11) is 0. The van der Waals surface area contributed by atoms with Crippen LogP contribution >= 0.6 is 0 Å². The van der Waals surface area contributed by atoms with E-state index in [1.54, 1.807) is 6.21 Å². The number of amides is 1. The number of aromatic nitrogens is 1. The first-order chi connectivity index (χ1) is 13.7. The minimum atomic E-state index is -0.214. The Morgan fingerprint density at radius 2 is 1.69 bits per heavy atom. The number of carbonyl (C=O) groups is 1. The molecule has 0 bridgehead atoms. The van der Waals surface area contributed by atoms with Gasteiger partial charge in [0.2, 0.25) is 0 Å². The average Bonchev–Trinajstić information content (AvgIpc) is 2.94. The van der Waals surface area contributed by atoms with E-state index in [4.69, 9.17) is 0 Å². The lowest BCUT2D eigenvalue weighted by molar-refractivity contribution is 0.0955. The molecule has 0 spiro atoms. The summed E-state index contributed by atoms with van der Waals surface area (Å²) in [6, 6.07) is 18.1. The Morgan fingerprint density at radius 3 is 2.31 bits per heavy atom. The van der Waals surface area contributed by atoms with Crippen LogP contribution in [0.15, 0.2) is 59.7 Å². The number of nitrogens with zero attached hydrogens (tertiary/aromatic N) is 2. The molecule has 0 unspecified atom stereocenters. The number of carbonyl (C=O) groups excluding carboxylic acids is 1. The van der Waals surface area contributed by atoms with Gasteiger partial charge in [0.05, 0.1) is 6.21 Å². The van der Waals surface area contributed by atoms with Crippen molar-refractivity contribution in [3.63, 3.8) is 0 Å². The maximum atomic E-state index is 12.4. The second kappa shape index (κ2) is 8.08. The Bertz CT molecular complexity index is 1050. The summed E-state index contributed by atoms with van der Waals surface area (Å²) in [5.41, 5.74) is 10.0. The molecule has 1 N–H and O–H groups in total. The summed E-state index contributed by atoms with van der Waals surface area (Å²) in [4.78, 5) is 12.4. The molecule has 0 radical (unpaired) electrons. The average molecular weight is 388 g/mol. The molecular formula is C25H29N3O. The molecule has 1 aromatic heterocycles. The summed E-state index contributed by atoms with van der Waals surface area (Å²) >= 11 is 0. The Hall–Kier alpha value is -3.14. The third-order valence-corrected chi connectivity index (χ3v) is 5.11. The van der Waals surface area contributed by atoms with E-state index >= 15 is 0 Å². The molecule has 3 aromatic rings. The Labute approximate surface area is 173 Å². The highest BCUT2D eigenvalue weighted by Crippen LogP contribution is 2.22. The van der Waals surface area contributed by atoms with Gasteiger partial charge in [-0.15, -0.1) is 0 Å². The zero-order chi connectivity index (χ0) is 21.2. The van der Waals surface area contributed by atoms with Crippen molar-refractivity contribution in [2.24, 2.45) is 5.10 Å². The van der Waals surface area contributed by atoms with Crippen LogP contribution in [0.25, 0.3) is 5.69 Å². The van der Waals surface area contributed by atoms with E-state index in [1.807, 2.05) is 24.3 Å². The highest BCUT2D eigenvalue weighted by molar-refractivity contribution is 5.95. The molecule has 150 valence electrons. The van der Waals surface area contributed by atoms with Gasteiger partial charge in [0.1, 0.15) is 0 Å². The number of rotatable bonds is 4. The van der Waals surface area contributed by atoms with Crippen molar-refractivity contribution in [2.45, 2.75) is 47.0 Å². The Balaban J connectivity index is 1.74. The summed E-state index contributed by atoms with van der Waals surface area (Å²) in [5, 5.41) is 4.18. The Morgan fingerprint density at radius 1 is 1.00 bits per heavy atom. The Kier molecular flexibility index (Phi) is 5.73. The van der Waals surface area contributed by atoms with E-state index < -0.39 is 0 Å². The van der Waals surface area contributed by atoms with Crippen LogP contribution in [0.2, 0.25) is 0 Å². The second-order valence-corrected chi connectivity index (χ2v) is 8.53. The number of nitrogens with one attached hydrogen (secondary N) is 1. The third kappa shape index (κ3) is 4.65. The standard InChI is InChI=1S/C25H29N3O/c1-17-8-7-9-23(14-17)28-18(2)15-21(19(28)3)16-26-27-24(29)20-10-12-22(13-11-20)25(4,5)6/h7-16H,1-6H3,(H,27,29)/b26-16-. The first-order valence-electron chi connectivity index (χ1n) is 9.87. The topological polar surface area (TPSA) is 46.4 Å². The maximum Gasteiger partial charge on any atom is 0.271 e. The lowest BCUT2D eigenvalue weighted by Crippen LogP contribution is -2.18. The van der Waals surface area contributed by atoms with Gasteiger partial charge in [-0.3, -0.25) is 4.79 Å². The largest absolute Gasteiger partial charge is 0.318 e. The zero-order valence-electron chi connectivity index (χ0n) is 18.1. The van der Waals surface area contributed by atoms with Gasteiger partial charge in [0.15, 0.2) is 0 Å². The van der Waals surface area contributed by atoms with E-state index in [9.17, 15) is 4.79 Å². The fourth-order valence-electron chi connectivity index (χ4n) is 3.43. The highest BCUT2D eigenvalue weighted by atomic mass is 16.2. The van der Waals surface area contributed by atoms with E-state index in [0.717, 1.165) is 22.6 Å². The summed E-state index contributed by atoms with van der Waals surface area (Å²) in [6.07, 6.45) is 1.70. The molecular weight excluding hydrogens is 358 g/mol. The van der Waals surface area contributed by atoms with Gasteiger partial charge in [-0.05, 0) is 67.6 Å². The summed E-state index contributed by atoms with van der Waals surface area (Å²) in [6.45, 7) is 12.7. The lowest BCUT2D eigenvalue weighted by Gasteiger charge is -2.18. The van der Waals surface area contributed by atoms with Crippen molar-refractivity contribution in [1.82, 2.24) is 9.99 Å². The SMILES string of the molecule is Cc1cccc(-n2c(C)cc(/C=N\NC(=O)c3ccc(C(C)(C)C)cc3)c2C)c1. The highest BCUT2D eigenvalue weighted by Gasteiger charge is 2.14. The lowest BCUT2D eigenvalue weighted by atomic mass is 9.87. The molecule has 0 saturated heterocycles. The van der Waals surface area contributed by atoms with E-state index in [2.05, 4.69) is 87.0 Å². The molecule has 4 nitrogen and oxygen atoms in total. The van der Waals surface area contributed by atoms with Crippen LogP contribution in [0, 0.1) is 20.8 Å². The van der Waals surface area contributed by atoms with Crippen molar-refractivity contribution in [3.8, 4) is 5.69 Å². The van der Waals surface area contributed by atoms with E-state index in [1.165, 1.54) is 11.1 Å². The van der Waals surface area contributed by atoms with Gasteiger partial charge in [0.25, 0.3) is 5.91 Å². The molecule has 1 heterocycles. The first-order valence-corrected chi connectivity index (χ1v) is 9.87. The van der Waals surface area contributed by atoms with Crippen molar-refractivity contribution in [1.29, 1.82) is 0 Å². The van der Waals surface area contributed by atoms with Crippen LogP contribution < -0.4 is 5.43 Å². The molecule has 0 aliphatic heterocycles. The molecule has 29 heavy (non-hydrogen) atoms. The molecule has 4 heteroatoms. The number of benzene rings is 2. The van der Waals surface area contributed by atoms with Gasteiger partial charge >= 0.3 is 0 Å². The van der Waals surface area contributed by atoms with Gasteiger partial charge in [-0.25, -0.2) is 5.43 Å². The molecule has 2 aromatic carbocycles. The van der Waals surface area contributed by atoms with E-state index in [-0.39, 0.29) is 11.3 Å². The molecule has 1 amide bonds. The predicted molar refractivity (Wildman–Crippen MR) is 120 cm³/mol.